The van der Waals surface area contributed by atoms with Gasteiger partial charge in [-0.25, -0.2) is 14.8 Å². The van der Waals surface area contributed by atoms with Crippen LogP contribution in [-0.4, -0.2) is 64.5 Å². The lowest BCUT2D eigenvalue weighted by atomic mass is 10.0. The van der Waals surface area contributed by atoms with Gasteiger partial charge in [0.2, 0.25) is 5.95 Å². The summed E-state index contributed by atoms with van der Waals surface area (Å²) in [5.74, 6) is -1.20. The number of carbonyl (C=O) groups is 1. The number of fused-ring (bicyclic) bond motifs is 1. The average molecular weight is 539 g/mol. The average Bonchev–Trinajstić information content (AvgIpc) is 3.43. The van der Waals surface area contributed by atoms with Crippen LogP contribution in [0.1, 0.15) is 41.6 Å². The number of rotatable bonds is 9. The number of alkyl halides is 3. The van der Waals surface area contributed by atoms with Crippen LogP contribution in [-0.2, 0) is 10.7 Å². The summed E-state index contributed by atoms with van der Waals surface area (Å²) >= 11 is 0. The molecule has 200 valence electrons. The number of aromatic amines is 1. The lowest BCUT2D eigenvalue weighted by Gasteiger charge is -2.17. The number of nitrogens with two attached hydrogens (primary N) is 1. The van der Waals surface area contributed by atoms with Crippen LogP contribution in [0.2, 0.25) is 0 Å². The first-order valence-corrected chi connectivity index (χ1v) is 14.6. The standard InChI is InChI=1S/C24H30F3N6O3P/c1-37(2,36)21-16(22(34)35)7-6-15-17(11-30-20(15)21)19-18(24(25,26)27)12-31-23(33-19)32-14-5-4-13(10-14)29-9-3-8-28/h6-7,11-14,29-30H,3-5,8-10,28H2,1-2H3,(H,34,35)(H,31,32,33)/t13-,14-/m0/s1. The molecule has 1 aliphatic rings. The minimum absolute atomic E-state index is 0.00118. The third kappa shape index (κ3) is 5.81. The van der Waals surface area contributed by atoms with Gasteiger partial charge in [0, 0.05) is 40.7 Å². The molecule has 1 aromatic carbocycles. The van der Waals surface area contributed by atoms with Crippen LogP contribution in [0.4, 0.5) is 19.1 Å². The van der Waals surface area contributed by atoms with Crippen LogP contribution in [0.5, 0.6) is 0 Å². The molecule has 0 aliphatic heterocycles. The maximum atomic E-state index is 14.0. The molecular weight excluding hydrogens is 508 g/mol. The maximum Gasteiger partial charge on any atom is 0.419 e. The Kier molecular flexibility index (Phi) is 7.64. The van der Waals surface area contributed by atoms with Gasteiger partial charge in [0.1, 0.15) is 12.7 Å². The van der Waals surface area contributed by atoms with Crippen LogP contribution in [0.3, 0.4) is 0 Å². The monoisotopic (exact) mass is 538 g/mol. The van der Waals surface area contributed by atoms with Gasteiger partial charge in [0.25, 0.3) is 0 Å². The summed E-state index contributed by atoms with van der Waals surface area (Å²) in [6, 6.07) is 2.96. The molecule has 0 amide bonds. The summed E-state index contributed by atoms with van der Waals surface area (Å²) in [5, 5.41) is 16.6. The van der Waals surface area contributed by atoms with Crippen LogP contribution in [0.25, 0.3) is 22.2 Å². The number of carboxylic acids is 1. The Bertz CT molecular complexity index is 1350. The predicted molar refractivity (Wildman–Crippen MR) is 137 cm³/mol. The molecule has 6 N–H and O–H groups in total. The van der Waals surface area contributed by atoms with Crippen molar-refractivity contribution in [2.75, 3.05) is 31.7 Å². The van der Waals surface area contributed by atoms with E-state index in [1.165, 1.54) is 31.7 Å². The van der Waals surface area contributed by atoms with Crippen LogP contribution < -0.4 is 21.7 Å². The van der Waals surface area contributed by atoms with Gasteiger partial charge in [-0.2, -0.15) is 13.2 Å². The normalized spacial score (nSPS) is 18.4. The second-order valence-corrected chi connectivity index (χ2v) is 12.8. The highest BCUT2D eigenvalue weighted by Crippen LogP contribution is 2.43. The van der Waals surface area contributed by atoms with E-state index in [1.807, 2.05) is 0 Å². The van der Waals surface area contributed by atoms with E-state index in [0.717, 1.165) is 38.4 Å². The Morgan fingerprint density at radius 1 is 1.27 bits per heavy atom. The molecule has 0 radical (unpaired) electrons. The second kappa shape index (κ2) is 10.4. The molecule has 2 heterocycles. The van der Waals surface area contributed by atoms with E-state index in [9.17, 15) is 27.6 Å². The van der Waals surface area contributed by atoms with Crippen molar-refractivity contribution in [2.24, 2.45) is 5.73 Å². The highest BCUT2D eigenvalue weighted by atomic mass is 31.2. The van der Waals surface area contributed by atoms with Gasteiger partial charge >= 0.3 is 12.1 Å². The van der Waals surface area contributed by atoms with Gasteiger partial charge in [-0.3, -0.25) is 0 Å². The van der Waals surface area contributed by atoms with Crippen LogP contribution in [0, 0.1) is 0 Å². The third-order valence-electron chi connectivity index (χ3n) is 6.53. The molecule has 1 aliphatic carbocycles. The molecule has 4 rings (SSSR count). The van der Waals surface area contributed by atoms with E-state index < -0.39 is 24.9 Å². The number of aromatic carboxylic acids is 1. The van der Waals surface area contributed by atoms with Crippen molar-refractivity contribution in [1.82, 2.24) is 20.3 Å². The lowest BCUT2D eigenvalue weighted by Crippen LogP contribution is -2.30. The van der Waals surface area contributed by atoms with Crippen molar-refractivity contribution in [3.63, 3.8) is 0 Å². The van der Waals surface area contributed by atoms with Gasteiger partial charge in [0.05, 0.1) is 16.8 Å². The van der Waals surface area contributed by atoms with E-state index in [0.29, 0.717) is 11.9 Å². The van der Waals surface area contributed by atoms with Crippen molar-refractivity contribution in [3.05, 3.63) is 35.7 Å². The molecule has 0 bridgehead atoms. The topological polar surface area (TPSA) is 146 Å². The van der Waals surface area contributed by atoms with Gasteiger partial charge in [0.15, 0.2) is 0 Å². The Morgan fingerprint density at radius 2 is 2.00 bits per heavy atom. The number of H-pyrrole nitrogens is 1. The molecule has 0 saturated heterocycles. The van der Waals surface area contributed by atoms with Crippen molar-refractivity contribution >= 4 is 35.3 Å². The summed E-state index contributed by atoms with van der Waals surface area (Å²) in [6.07, 6.45) is 0.748. The Morgan fingerprint density at radius 3 is 2.65 bits per heavy atom. The largest absolute Gasteiger partial charge is 0.478 e. The first-order valence-electron chi connectivity index (χ1n) is 12.0. The number of hydrogen-bond donors (Lipinski definition) is 5. The fourth-order valence-corrected chi connectivity index (χ4v) is 6.34. The molecule has 13 heteroatoms. The Hall–Kier alpha value is -2.95. The number of halogens is 3. The lowest BCUT2D eigenvalue weighted by molar-refractivity contribution is -0.137. The molecule has 37 heavy (non-hydrogen) atoms. The number of carboxylic acid groups (broad SMARTS) is 1. The van der Waals surface area contributed by atoms with Gasteiger partial charge in [-0.1, -0.05) is 6.07 Å². The summed E-state index contributed by atoms with van der Waals surface area (Å²) in [4.78, 5) is 22.8. The van der Waals surface area contributed by atoms with Gasteiger partial charge < -0.3 is 31.0 Å². The number of nitrogens with zero attached hydrogens (tertiary/aromatic N) is 2. The first-order chi connectivity index (χ1) is 17.4. The summed E-state index contributed by atoms with van der Waals surface area (Å²) in [6.45, 7) is 4.25. The molecule has 1 saturated carbocycles. The van der Waals surface area contributed by atoms with Gasteiger partial charge in [-0.15, -0.1) is 0 Å². The number of anilines is 1. The van der Waals surface area contributed by atoms with Crippen molar-refractivity contribution in [1.29, 1.82) is 0 Å². The zero-order chi connectivity index (χ0) is 27.0. The molecule has 0 spiro atoms. The molecule has 9 nitrogen and oxygen atoms in total. The van der Waals surface area contributed by atoms with E-state index >= 15 is 0 Å². The first kappa shape index (κ1) is 27.1. The minimum Gasteiger partial charge on any atom is -0.478 e. The van der Waals surface area contributed by atoms with E-state index in [1.54, 1.807) is 0 Å². The third-order valence-corrected chi connectivity index (χ3v) is 8.07. The van der Waals surface area contributed by atoms with Crippen LogP contribution >= 0.6 is 7.14 Å². The molecule has 1 fully saturated rings. The van der Waals surface area contributed by atoms with E-state index in [2.05, 4.69) is 25.6 Å². The second-order valence-electron chi connectivity index (χ2n) is 9.64. The zero-order valence-corrected chi connectivity index (χ0v) is 21.4. The molecule has 0 unspecified atom stereocenters. The van der Waals surface area contributed by atoms with Crippen molar-refractivity contribution in [2.45, 2.75) is 43.9 Å². The summed E-state index contributed by atoms with van der Waals surface area (Å²) in [5.41, 5.74) is 4.34. The Balaban J connectivity index is 1.73. The van der Waals surface area contributed by atoms with Crippen molar-refractivity contribution in [3.8, 4) is 11.3 Å². The number of benzene rings is 1. The smallest absolute Gasteiger partial charge is 0.419 e. The van der Waals surface area contributed by atoms with Gasteiger partial charge in [-0.05, 0) is 58.2 Å². The molecule has 2 aromatic heterocycles. The molecule has 3 aromatic rings. The fraction of sp³-hybridized carbons (Fsp3) is 0.458. The van der Waals surface area contributed by atoms with E-state index in [-0.39, 0.29) is 45.7 Å². The number of aromatic nitrogens is 3. The van der Waals surface area contributed by atoms with Crippen molar-refractivity contribution < 1.29 is 27.6 Å². The minimum atomic E-state index is -4.72. The molecule has 2 atom stereocenters. The SMILES string of the molecule is CP(C)(=O)c1c(C(=O)O)ccc2c(-c3nc(N[C@H]4CC[C@H](NCCCN)C4)ncc3C(F)(F)F)c[nH]c12. The molecular formula is C24H30F3N6O3P. The highest BCUT2D eigenvalue weighted by molar-refractivity contribution is 7.70. The fourth-order valence-electron chi connectivity index (χ4n) is 4.86. The number of nitrogens with one attached hydrogen (secondary N) is 3. The number of hydrogen-bond acceptors (Lipinski definition) is 7. The quantitative estimate of drug-likeness (QED) is 0.204. The Labute approximate surface area is 211 Å². The summed E-state index contributed by atoms with van der Waals surface area (Å²) in [7, 11) is -3.12. The predicted octanol–water partition coefficient (Wildman–Crippen LogP) is 3.86. The maximum absolute atomic E-state index is 14.0. The zero-order valence-electron chi connectivity index (χ0n) is 20.5. The summed E-state index contributed by atoms with van der Waals surface area (Å²) < 4.78 is 54.9. The highest BCUT2D eigenvalue weighted by Gasteiger charge is 2.37. The van der Waals surface area contributed by atoms with E-state index in [4.69, 9.17) is 5.73 Å². The van der Waals surface area contributed by atoms with Crippen LogP contribution in [0.15, 0.2) is 24.5 Å².